The van der Waals surface area contributed by atoms with Crippen LogP contribution in [0, 0.1) is 0 Å². The van der Waals surface area contributed by atoms with Crippen LogP contribution in [0.25, 0.3) is 0 Å². The lowest BCUT2D eigenvalue weighted by atomic mass is 10.1. The maximum atomic E-state index is 12.3. The van der Waals surface area contributed by atoms with Gasteiger partial charge in [0.25, 0.3) is 5.91 Å². The predicted octanol–water partition coefficient (Wildman–Crippen LogP) is 3.22. The van der Waals surface area contributed by atoms with Crippen molar-refractivity contribution >= 4 is 17.5 Å². The summed E-state index contributed by atoms with van der Waals surface area (Å²) in [4.78, 5) is 24.5. The fourth-order valence-corrected chi connectivity index (χ4v) is 2.14. The van der Waals surface area contributed by atoms with Gasteiger partial charge in [-0.15, -0.1) is 0 Å². The molecular weight excluding hydrogens is 276 g/mol. The lowest BCUT2D eigenvalue weighted by Gasteiger charge is -2.18. The molecule has 2 aromatic carbocycles. The van der Waals surface area contributed by atoms with Crippen molar-refractivity contribution in [2.75, 3.05) is 5.32 Å². The van der Waals surface area contributed by atoms with Crippen LogP contribution in [0.1, 0.15) is 30.1 Å². The number of benzene rings is 2. The normalized spacial score (nSPS) is 11.5. The van der Waals surface area contributed by atoms with Gasteiger partial charge in [0.1, 0.15) is 6.04 Å². The van der Waals surface area contributed by atoms with Crippen LogP contribution < -0.4 is 10.6 Å². The van der Waals surface area contributed by atoms with Crippen molar-refractivity contribution in [3.8, 4) is 0 Å². The summed E-state index contributed by atoms with van der Waals surface area (Å²) in [6.45, 7) is 1.98. The fraction of sp³-hybridized carbons (Fsp3) is 0.222. The standard InChI is InChI=1S/C18H20N2O2/c1-2-9-16(18(22)19-15-12-7-4-8-13-15)20-17(21)14-10-5-3-6-11-14/h3-8,10-13,16H,2,9H2,1H3,(H,19,22)(H,20,21)/t16-/m1/s1. The Morgan fingerprint density at radius 3 is 2.14 bits per heavy atom. The first-order valence-corrected chi connectivity index (χ1v) is 7.42. The molecule has 2 rings (SSSR count). The summed E-state index contributed by atoms with van der Waals surface area (Å²) in [5.74, 6) is -0.431. The Morgan fingerprint density at radius 1 is 0.955 bits per heavy atom. The van der Waals surface area contributed by atoms with Crippen LogP contribution in [0.4, 0.5) is 5.69 Å². The molecule has 0 aromatic heterocycles. The Balaban J connectivity index is 2.03. The highest BCUT2D eigenvalue weighted by molar-refractivity contribution is 6.01. The smallest absolute Gasteiger partial charge is 0.251 e. The zero-order valence-electron chi connectivity index (χ0n) is 12.6. The number of anilines is 1. The summed E-state index contributed by atoms with van der Waals surface area (Å²) in [5.41, 5.74) is 1.28. The molecule has 0 aliphatic rings. The van der Waals surface area contributed by atoms with E-state index >= 15 is 0 Å². The molecule has 0 saturated heterocycles. The van der Waals surface area contributed by atoms with Crippen molar-refractivity contribution in [1.29, 1.82) is 0 Å². The van der Waals surface area contributed by atoms with Crippen molar-refractivity contribution < 1.29 is 9.59 Å². The van der Waals surface area contributed by atoms with Gasteiger partial charge in [-0.1, -0.05) is 49.7 Å². The van der Waals surface area contributed by atoms with Gasteiger partial charge in [-0.3, -0.25) is 9.59 Å². The number of carbonyl (C=O) groups excluding carboxylic acids is 2. The second-order valence-corrected chi connectivity index (χ2v) is 5.04. The Labute approximate surface area is 130 Å². The van der Waals surface area contributed by atoms with Gasteiger partial charge in [0, 0.05) is 11.3 Å². The summed E-state index contributed by atoms with van der Waals surface area (Å²) >= 11 is 0. The van der Waals surface area contributed by atoms with Crippen molar-refractivity contribution in [2.45, 2.75) is 25.8 Å². The van der Waals surface area contributed by atoms with E-state index in [0.29, 0.717) is 12.0 Å². The van der Waals surface area contributed by atoms with Crippen molar-refractivity contribution in [2.24, 2.45) is 0 Å². The van der Waals surface area contributed by atoms with Gasteiger partial charge in [0.05, 0.1) is 0 Å². The van der Waals surface area contributed by atoms with E-state index in [1.54, 1.807) is 24.3 Å². The Bertz CT molecular complexity index is 611. The largest absolute Gasteiger partial charge is 0.340 e. The summed E-state index contributed by atoms with van der Waals surface area (Å²) < 4.78 is 0. The van der Waals surface area contributed by atoms with E-state index in [4.69, 9.17) is 0 Å². The highest BCUT2D eigenvalue weighted by atomic mass is 16.2. The highest BCUT2D eigenvalue weighted by Gasteiger charge is 2.20. The molecule has 4 heteroatoms. The maximum Gasteiger partial charge on any atom is 0.251 e. The molecule has 0 bridgehead atoms. The molecule has 0 saturated carbocycles. The molecule has 0 heterocycles. The Kier molecular flexibility index (Phi) is 5.72. The van der Waals surface area contributed by atoms with E-state index < -0.39 is 6.04 Å². The Hall–Kier alpha value is -2.62. The van der Waals surface area contributed by atoms with Crippen LogP contribution in [0.15, 0.2) is 60.7 Å². The van der Waals surface area contributed by atoms with Crippen LogP contribution in [0.5, 0.6) is 0 Å². The van der Waals surface area contributed by atoms with Crippen LogP contribution >= 0.6 is 0 Å². The average molecular weight is 296 g/mol. The third-order valence-electron chi connectivity index (χ3n) is 3.28. The molecule has 2 amide bonds. The summed E-state index contributed by atoms with van der Waals surface area (Å²) in [7, 11) is 0. The SMILES string of the molecule is CCC[C@@H](NC(=O)c1ccccc1)C(=O)Nc1ccccc1. The first-order chi connectivity index (χ1) is 10.7. The van der Waals surface area contributed by atoms with Gasteiger partial charge < -0.3 is 10.6 Å². The van der Waals surface area contributed by atoms with E-state index in [2.05, 4.69) is 10.6 Å². The first-order valence-electron chi connectivity index (χ1n) is 7.42. The predicted molar refractivity (Wildman–Crippen MR) is 87.7 cm³/mol. The lowest BCUT2D eigenvalue weighted by molar-refractivity contribution is -0.118. The number of nitrogens with one attached hydrogen (secondary N) is 2. The van der Waals surface area contributed by atoms with E-state index in [-0.39, 0.29) is 11.8 Å². The second-order valence-electron chi connectivity index (χ2n) is 5.04. The summed E-state index contributed by atoms with van der Waals surface area (Å²) in [5, 5.41) is 5.63. The lowest BCUT2D eigenvalue weighted by Crippen LogP contribution is -2.43. The van der Waals surface area contributed by atoms with Gasteiger partial charge in [-0.25, -0.2) is 0 Å². The minimum Gasteiger partial charge on any atom is -0.340 e. The first kappa shape index (κ1) is 15.8. The number of amides is 2. The van der Waals surface area contributed by atoms with Crippen molar-refractivity contribution in [1.82, 2.24) is 5.32 Å². The van der Waals surface area contributed by atoms with Crippen molar-refractivity contribution in [3.05, 3.63) is 66.2 Å². The molecule has 4 nitrogen and oxygen atoms in total. The zero-order valence-corrected chi connectivity index (χ0v) is 12.6. The topological polar surface area (TPSA) is 58.2 Å². The van der Waals surface area contributed by atoms with E-state index in [0.717, 1.165) is 12.1 Å². The van der Waals surface area contributed by atoms with Crippen LogP contribution in [-0.2, 0) is 4.79 Å². The average Bonchev–Trinajstić information content (AvgIpc) is 2.56. The fourth-order valence-electron chi connectivity index (χ4n) is 2.14. The Morgan fingerprint density at radius 2 is 1.55 bits per heavy atom. The molecule has 0 radical (unpaired) electrons. The van der Waals surface area contributed by atoms with Crippen LogP contribution in [-0.4, -0.2) is 17.9 Å². The summed E-state index contributed by atoms with van der Waals surface area (Å²) in [6, 6.07) is 17.6. The molecule has 0 unspecified atom stereocenters. The molecule has 1 atom stereocenters. The van der Waals surface area contributed by atoms with E-state index in [9.17, 15) is 9.59 Å². The molecule has 0 spiro atoms. The molecule has 22 heavy (non-hydrogen) atoms. The van der Waals surface area contributed by atoms with Crippen LogP contribution in [0.3, 0.4) is 0 Å². The van der Waals surface area contributed by atoms with Gasteiger partial charge in [0.15, 0.2) is 0 Å². The van der Waals surface area contributed by atoms with E-state index in [1.165, 1.54) is 0 Å². The maximum absolute atomic E-state index is 12.3. The van der Waals surface area contributed by atoms with Gasteiger partial charge >= 0.3 is 0 Å². The second kappa shape index (κ2) is 7.98. The molecular formula is C18H20N2O2. The minimum absolute atomic E-state index is 0.197. The van der Waals surface area contributed by atoms with Crippen molar-refractivity contribution in [3.63, 3.8) is 0 Å². The molecule has 2 N–H and O–H groups in total. The van der Waals surface area contributed by atoms with Gasteiger partial charge in [-0.05, 0) is 30.7 Å². The monoisotopic (exact) mass is 296 g/mol. The van der Waals surface area contributed by atoms with E-state index in [1.807, 2.05) is 43.3 Å². The minimum atomic E-state index is -0.544. The highest BCUT2D eigenvalue weighted by Crippen LogP contribution is 2.08. The summed E-state index contributed by atoms with van der Waals surface area (Å²) in [6.07, 6.45) is 1.40. The quantitative estimate of drug-likeness (QED) is 0.860. The molecule has 0 aliphatic heterocycles. The molecule has 114 valence electrons. The third-order valence-corrected chi connectivity index (χ3v) is 3.28. The number of hydrogen-bond acceptors (Lipinski definition) is 2. The zero-order chi connectivity index (χ0) is 15.8. The number of rotatable bonds is 6. The number of carbonyl (C=O) groups is 2. The molecule has 2 aromatic rings. The third kappa shape index (κ3) is 4.45. The van der Waals surface area contributed by atoms with Gasteiger partial charge in [-0.2, -0.15) is 0 Å². The van der Waals surface area contributed by atoms with Crippen LogP contribution in [0.2, 0.25) is 0 Å². The number of hydrogen-bond donors (Lipinski definition) is 2. The van der Waals surface area contributed by atoms with Gasteiger partial charge in [0.2, 0.25) is 5.91 Å². The molecule has 0 aliphatic carbocycles. The molecule has 0 fully saturated rings. The number of para-hydroxylation sites is 1.